The molecule has 6 rings (SSSR count). The highest BCUT2D eigenvalue weighted by Gasteiger charge is 2.26. The molecule has 0 spiro atoms. The molecule has 11 nitrogen and oxygen atoms in total. The second-order valence-corrected chi connectivity index (χ2v) is 9.61. The summed E-state index contributed by atoms with van der Waals surface area (Å²) in [6.07, 6.45) is 11.7. The molecule has 2 aliphatic rings. The number of morpholine rings is 1. The third-order valence-electron chi connectivity index (χ3n) is 7.05. The van der Waals surface area contributed by atoms with Crippen LogP contribution in [0.3, 0.4) is 0 Å². The van der Waals surface area contributed by atoms with Crippen LogP contribution in [-0.2, 0) is 27.2 Å². The third-order valence-corrected chi connectivity index (χ3v) is 7.05. The summed E-state index contributed by atoms with van der Waals surface area (Å²) in [5.41, 5.74) is 5.02. The predicted molar refractivity (Wildman–Crippen MR) is 151 cm³/mol. The summed E-state index contributed by atoms with van der Waals surface area (Å²) in [7, 11) is 0. The van der Waals surface area contributed by atoms with Gasteiger partial charge in [0, 0.05) is 37.6 Å². The Hall–Kier alpha value is -4.38. The van der Waals surface area contributed by atoms with Gasteiger partial charge in [0.05, 0.1) is 37.6 Å². The van der Waals surface area contributed by atoms with Gasteiger partial charge in [0.1, 0.15) is 5.82 Å². The molecule has 40 heavy (non-hydrogen) atoms. The first-order valence-electron chi connectivity index (χ1n) is 13.8. The molecule has 4 aromatic heterocycles. The molecule has 0 unspecified atom stereocenters. The van der Waals surface area contributed by atoms with Gasteiger partial charge in [-0.05, 0) is 50.5 Å². The van der Waals surface area contributed by atoms with E-state index in [9.17, 15) is 4.79 Å². The van der Waals surface area contributed by atoms with E-state index in [1.54, 1.807) is 24.0 Å². The predicted octanol–water partition coefficient (Wildman–Crippen LogP) is 3.77. The van der Waals surface area contributed by atoms with E-state index < -0.39 is 0 Å². The average molecular weight is 541 g/mol. The summed E-state index contributed by atoms with van der Waals surface area (Å²) in [5, 5.41) is 4.84. The van der Waals surface area contributed by atoms with E-state index in [1.807, 2.05) is 18.2 Å². The number of hydrogen-bond donors (Lipinski definition) is 0. The van der Waals surface area contributed by atoms with E-state index in [4.69, 9.17) is 29.5 Å². The van der Waals surface area contributed by atoms with Crippen LogP contribution >= 0.6 is 0 Å². The molecular weight excluding hydrogens is 508 g/mol. The highest BCUT2D eigenvalue weighted by Crippen LogP contribution is 2.32. The number of carbonyl (C=O) groups is 1. The van der Waals surface area contributed by atoms with Crippen LogP contribution in [0.4, 0.5) is 5.82 Å². The molecule has 0 saturated carbocycles. The molecule has 5 heterocycles. The van der Waals surface area contributed by atoms with E-state index in [0.717, 1.165) is 52.5 Å². The fraction of sp³-hybridized carbons (Fsp3) is 0.379. The maximum atomic E-state index is 12.3. The molecule has 0 bridgehead atoms. The van der Waals surface area contributed by atoms with Gasteiger partial charge in [-0.25, -0.2) is 4.98 Å². The molecule has 206 valence electrons. The van der Waals surface area contributed by atoms with E-state index in [2.05, 4.69) is 39.6 Å². The minimum absolute atomic E-state index is 0.0780. The molecule has 0 amide bonds. The standard InChI is InChI=1S/C29H32N8O3/c1-3-36-26(21-10-12-30-13-11-21)31-25-27(35-14-16-39-17-15-35)32-29(33-28(25)36)37-23(20-8-6-5-7-9-20)18-22(34-37)19-24(38)40-4-2/h5-6,8,10-13,18H,3-4,7,9,14-17,19H2,1-2H3. The second-order valence-electron chi connectivity index (χ2n) is 9.61. The number of allylic oxidation sites excluding steroid dienone is 4. The number of ether oxygens (including phenoxy) is 2. The van der Waals surface area contributed by atoms with Crippen molar-refractivity contribution in [1.29, 1.82) is 0 Å². The van der Waals surface area contributed by atoms with Gasteiger partial charge >= 0.3 is 5.97 Å². The lowest BCUT2D eigenvalue weighted by atomic mass is 10.0. The number of aryl methyl sites for hydroxylation is 1. The molecule has 4 aromatic rings. The Morgan fingerprint density at radius 1 is 1.10 bits per heavy atom. The number of nitrogens with zero attached hydrogens (tertiary/aromatic N) is 8. The molecule has 0 N–H and O–H groups in total. The maximum Gasteiger partial charge on any atom is 0.311 e. The van der Waals surface area contributed by atoms with E-state index >= 15 is 0 Å². The molecule has 1 aliphatic heterocycles. The van der Waals surface area contributed by atoms with E-state index in [1.165, 1.54) is 0 Å². The zero-order valence-corrected chi connectivity index (χ0v) is 22.8. The van der Waals surface area contributed by atoms with Crippen LogP contribution in [0.5, 0.6) is 0 Å². The van der Waals surface area contributed by atoms with Crippen molar-refractivity contribution in [2.24, 2.45) is 0 Å². The SMILES string of the molecule is CCOC(=O)Cc1cc(C2=CC=CCC2)n(-c2nc(N3CCOCC3)c3nc(-c4ccncc4)n(CC)c3n2)n1. The quantitative estimate of drug-likeness (QED) is 0.308. The molecule has 1 saturated heterocycles. The van der Waals surface area contributed by atoms with Crippen LogP contribution in [0.2, 0.25) is 0 Å². The Morgan fingerprint density at radius 3 is 2.65 bits per heavy atom. The van der Waals surface area contributed by atoms with Gasteiger partial charge in [0.15, 0.2) is 17.0 Å². The first-order chi connectivity index (χ1) is 19.7. The van der Waals surface area contributed by atoms with E-state index in [-0.39, 0.29) is 12.4 Å². The van der Waals surface area contributed by atoms with E-state index in [0.29, 0.717) is 51.1 Å². The highest BCUT2D eigenvalue weighted by molar-refractivity contribution is 5.88. The second kappa shape index (κ2) is 11.4. The lowest BCUT2D eigenvalue weighted by Crippen LogP contribution is -2.37. The summed E-state index contributed by atoms with van der Waals surface area (Å²) < 4.78 is 14.7. The topological polar surface area (TPSA) is 113 Å². The summed E-state index contributed by atoms with van der Waals surface area (Å²) >= 11 is 0. The van der Waals surface area contributed by atoms with Gasteiger partial charge in [0.2, 0.25) is 0 Å². The largest absolute Gasteiger partial charge is 0.466 e. The smallest absolute Gasteiger partial charge is 0.311 e. The van der Waals surface area contributed by atoms with Gasteiger partial charge in [-0.3, -0.25) is 9.78 Å². The Morgan fingerprint density at radius 2 is 1.93 bits per heavy atom. The third kappa shape index (κ3) is 5.00. The van der Waals surface area contributed by atoms with Crippen molar-refractivity contribution in [2.75, 3.05) is 37.8 Å². The number of aromatic nitrogens is 7. The lowest BCUT2D eigenvalue weighted by molar-refractivity contribution is -0.142. The van der Waals surface area contributed by atoms with Crippen LogP contribution in [-0.4, -0.2) is 73.2 Å². The average Bonchev–Trinajstić information content (AvgIpc) is 3.59. The summed E-state index contributed by atoms with van der Waals surface area (Å²) in [4.78, 5) is 33.9. The molecule has 0 atom stereocenters. The zero-order chi connectivity index (χ0) is 27.5. The summed E-state index contributed by atoms with van der Waals surface area (Å²) in [6, 6.07) is 5.85. The van der Waals surface area contributed by atoms with Crippen LogP contribution in [0.15, 0.2) is 48.8 Å². The summed E-state index contributed by atoms with van der Waals surface area (Å²) in [6.45, 7) is 7.50. The monoisotopic (exact) mass is 540 g/mol. The number of fused-ring (bicyclic) bond motifs is 1. The number of rotatable bonds is 8. The molecule has 0 radical (unpaired) electrons. The maximum absolute atomic E-state index is 12.3. The molecule has 0 aromatic carbocycles. The number of hydrogen-bond acceptors (Lipinski definition) is 9. The van der Waals surface area contributed by atoms with Crippen molar-refractivity contribution in [3.63, 3.8) is 0 Å². The van der Waals surface area contributed by atoms with Crippen LogP contribution in [0.25, 0.3) is 34.1 Å². The van der Waals surface area contributed by atoms with Crippen LogP contribution in [0, 0.1) is 0 Å². The number of pyridine rings is 1. The highest BCUT2D eigenvalue weighted by atomic mass is 16.5. The minimum atomic E-state index is -0.312. The number of anilines is 1. The van der Waals surface area contributed by atoms with Crippen molar-refractivity contribution in [3.8, 4) is 17.3 Å². The Bertz CT molecular complexity index is 1580. The Balaban J connectivity index is 1.56. The van der Waals surface area contributed by atoms with Gasteiger partial charge in [-0.15, -0.1) is 0 Å². The number of esters is 1. The fourth-order valence-electron chi connectivity index (χ4n) is 5.16. The first-order valence-corrected chi connectivity index (χ1v) is 13.8. The van der Waals surface area contributed by atoms with Gasteiger partial charge < -0.3 is 18.9 Å². The van der Waals surface area contributed by atoms with Crippen molar-refractivity contribution >= 4 is 28.5 Å². The number of imidazole rings is 1. The fourth-order valence-corrected chi connectivity index (χ4v) is 5.16. The van der Waals surface area contributed by atoms with Crippen molar-refractivity contribution in [3.05, 3.63) is 60.2 Å². The zero-order valence-electron chi connectivity index (χ0n) is 22.8. The number of carbonyl (C=O) groups excluding carboxylic acids is 1. The van der Waals surface area contributed by atoms with Gasteiger partial charge in [-0.2, -0.15) is 19.7 Å². The van der Waals surface area contributed by atoms with Crippen molar-refractivity contribution in [1.82, 2.24) is 34.3 Å². The first kappa shape index (κ1) is 25.9. The Kier molecular flexibility index (Phi) is 7.37. The Labute approximate surface area is 232 Å². The minimum Gasteiger partial charge on any atom is -0.466 e. The van der Waals surface area contributed by atoms with Crippen molar-refractivity contribution in [2.45, 2.75) is 39.7 Å². The summed E-state index contributed by atoms with van der Waals surface area (Å²) in [5.74, 6) is 1.68. The lowest BCUT2D eigenvalue weighted by Gasteiger charge is -2.28. The molecule has 1 fully saturated rings. The molecule has 11 heteroatoms. The normalized spacial score (nSPS) is 15.4. The molecule has 1 aliphatic carbocycles. The van der Waals surface area contributed by atoms with Crippen LogP contribution in [0.1, 0.15) is 38.1 Å². The molecular formula is C29H32N8O3. The van der Waals surface area contributed by atoms with Gasteiger partial charge in [-0.1, -0.05) is 18.2 Å². The van der Waals surface area contributed by atoms with Crippen LogP contribution < -0.4 is 4.90 Å². The van der Waals surface area contributed by atoms with Gasteiger partial charge in [0.25, 0.3) is 5.95 Å². The van der Waals surface area contributed by atoms with Crippen molar-refractivity contribution < 1.29 is 14.3 Å².